The van der Waals surface area contributed by atoms with Gasteiger partial charge in [0.2, 0.25) is 5.91 Å². The molecule has 1 amide bonds. The van der Waals surface area contributed by atoms with Crippen LogP contribution in [0.3, 0.4) is 0 Å². The largest absolute Gasteiger partial charge is 0.315 e. The zero-order valence-electron chi connectivity index (χ0n) is 13.2. The van der Waals surface area contributed by atoms with Crippen molar-refractivity contribution in [2.45, 2.75) is 12.8 Å². The van der Waals surface area contributed by atoms with Crippen molar-refractivity contribution >= 4 is 23.1 Å². The molecule has 2 aromatic rings. The number of Topliss-reactive ketones (excluding diaryl/α,β-unsaturated/α-hetero) is 1. The highest BCUT2D eigenvalue weighted by atomic mass is 16.2. The number of carbonyl (C=O) groups excluding carboxylic acids is 2. The Balaban J connectivity index is 1.95. The van der Waals surface area contributed by atoms with Gasteiger partial charge in [0, 0.05) is 19.2 Å². The first-order valence-electron chi connectivity index (χ1n) is 7.28. The van der Waals surface area contributed by atoms with E-state index < -0.39 is 0 Å². The van der Waals surface area contributed by atoms with Crippen LogP contribution in [0, 0.1) is 17.9 Å². The number of rotatable bonds is 5. The lowest BCUT2D eigenvalue weighted by Gasteiger charge is -2.17. The normalized spacial score (nSPS) is 9.62. The predicted octanol–water partition coefficient (Wildman–Crippen LogP) is 3.27. The van der Waals surface area contributed by atoms with Gasteiger partial charge in [0.05, 0.1) is 24.6 Å². The summed E-state index contributed by atoms with van der Waals surface area (Å²) in [5.41, 5.74) is 2.44. The molecule has 118 valence electrons. The molecule has 0 saturated carbocycles. The third-order valence-electron chi connectivity index (χ3n) is 3.57. The molecule has 24 heavy (non-hydrogen) atoms. The first kappa shape index (κ1) is 16.9. The minimum absolute atomic E-state index is 0.158. The van der Waals surface area contributed by atoms with Crippen LogP contribution >= 0.6 is 0 Å². The molecular weight excluding hydrogens is 302 g/mol. The van der Waals surface area contributed by atoms with Gasteiger partial charge in [0.15, 0.2) is 5.69 Å². The second-order valence-electron chi connectivity index (χ2n) is 5.28. The molecule has 0 aliphatic rings. The van der Waals surface area contributed by atoms with E-state index in [-0.39, 0.29) is 24.5 Å². The number of nitrogens with zero attached hydrogens (tertiary/aromatic N) is 3. The molecular formula is C19H15N3O2. The number of carbonyl (C=O) groups is 2. The number of hydrogen-bond donors (Lipinski definition) is 0. The van der Waals surface area contributed by atoms with Crippen LogP contribution in [0.2, 0.25) is 0 Å². The molecule has 2 rings (SSSR count). The van der Waals surface area contributed by atoms with Gasteiger partial charge in [-0.15, -0.1) is 0 Å². The average molecular weight is 317 g/mol. The van der Waals surface area contributed by atoms with Gasteiger partial charge in [-0.05, 0) is 29.8 Å². The highest BCUT2D eigenvalue weighted by molar-refractivity contribution is 6.05. The van der Waals surface area contributed by atoms with Crippen LogP contribution in [0.15, 0.2) is 48.5 Å². The molecule has 0 unspecified atom stereocenters. The lowest BCUT2D eigenvalue weighted by molar-refractivity contribution is -0.126. The monoisotopic (exact) mass is 317 g/mol. The van der Waals surface area contributed by atoms with Gasteiger partial charge in [-0.1, -0.05) is 24.3 Å². The molecule has 0 aliphatic carbocycles. The molecule has 0 N–H and O–H groups in total. The molecule has 0 spiro atoms. The van der Waals surface area contributed by atoms with Crippen molar-refractivity contribution in [3.63, 3.8) is 0 Å². The van der Waals surface area contributed by atoms with Crippen molar-refractivity contribution in [2.75, 3.05) is 11.9 Å². The van der Waals surface area contributed by atoms with Gasteiger partial charge >= 0.3 is 0 Å². The molecule has 0 aromatic heterocycles. The predicted molar refractivity (Wildman–Crippen MR) is 90.6 cm³/mol. The molecule has 0 bridgehead atoms. The molecule has 0 atom stereocenters. The Bertz CT molecular complexity index is 825. The average Bonchev–Trinajstić information content (AvgIpc) is 2.61. The molecule has 0 fully saturated rings. The fourth-order valence-corrected chi connectivity index (χ4v) is 2.17. The maximum Gasteiger partial charge on any atom is 0.234 e. The van der Waals surface area contributed by atoms with Crippen LogP contribution in [-0.2, 0) is 16.0 Å². The van der Waals surface area contributed by atoms with Crippen LogP contribution in [0.4, 0.5) is 11.4 Å². The smallest absolute Gasteiger partial charge is 0.234 e. The first-order valence-corrected chi connectivity index (χ1v) is 7.28. The maximum absolute atomic E-state index is 12.2. The van der Waals surface area contributed by atoms with Gasteiger partial charge in [-0.25, -0.2) is 4.85 Å². The van der Waals surface area contributed by atoms with Crippen LogP contribution < -0.4 is 4.90 Å². The first-order chi connectivity index (χ1) is 11.5. The van der Waals surface area contributed by atoms with Crippen molar-refractivity contribution in [1.82, 2.24) is 0 Å². The van der Waals surface area contributed by atoms with Crippen LogP contribution in [-0.4, -0.2) is 18.7 Å². The zero-order chi connectivity index (χ0) is 17.5. The topological polar surface area (TPSA) is 65.5 Å². The van der Waals surface area contributed by atoms with Crippen molar-refractivity contribution in [2.24, 2.45) is 0 Å². The minimum atomic E-state index is -0.303. The Hall–Kier alpha value is -3.44. The van der Waals surface area contributed by atoms with Crippen LogP contribution in [0.1, 0.15) is 17.5 Å². The van der Waals surface area contributed by atoms with Gasteiger partial charge in [-0.3, -0.25) is 9.59 Å². The molecule has 0 saturated heterocycles. The fraction of sp³-hybridized carbons (Fsp3) is 0.158. The second-order valence-corrected chi connectivity index (χ2v) is 5.28. The Kier molecular flexibility index (Phi) is 5.44. The van der Waals surface area contributed by atoms with Crippen molar-refractivity contribution in [3.8, 4) is 6.07 Å². The summed E-state index contributed by atoms with van der Waals surface area (Å²) >= 11 is 0. The number of hydrogen-bond acceptors (Lipinski definition) is 3. The lowest BCUT2D eigenvalue weighted by Crippen LogP contribution is -2.28. The number of nitriles is 1. The van der Waals surface area contributed by atoms with E-state index in [9.17, 15) is 9.59 Å². The SMILES string of the molecule is [C-]#[N+]c1ccc(CC(=O)CC(=O)N(C)c2ccc(C#N)cc2)cc1. The highest BCUT2D eigenvalue weighted by Crippen LogP contribution is 2.16. The second kappa shape index (κ2) is 7.71. The van der Waals surface area contributed by atoms with E-state index in [0.29, 0.717) is 16.9 Å². The van der Waals surface area contributed by atoms with Crippen molar-refractivity contribution in [3.05, 3.63) is 71.1 Å². The Morgan fingerprint density at radius 3 is 2.29 bits per heavy atom. The zero-order valence-corrected chi connectivity index (χ0v) is 13.2. The van der Waals surface area contributed by atoms with E-state index in [1.54, 1.807) is 55.6 Å². The summed E-state index contributed by atoms with van der Waals surface area (Å²) in [5, 5.41) is 8.78. The van der Waals surface area contributed by atoms with Crippen LogP contribution in [0.5, 0.6) is 0 Å². The van der Waals surface area contributed by atoms with Gasteiger partial charge in [-0.2, -0.15) is 5.26 Å². The maximum atomic E-state index is 12.2. The van der Waals surface area contributed by atoms with E-state index in [4.69, 9.17) is 11.8 Å². The lowest BCUT2D eigenvalue weighted by atomic mass is 10.1. The summed E-state index contributed by atoms with van der Waals surface area (Å²) < 4.78 is 0. The quantitative estimate of drug-likeness (QED) is 0.628. The number of amides is 1. The Morgan fingerprint density at radius 1 is 1.12 bits per heavy atom. The Labute approximate surface area is 140 Å². The van der Waals surface area contributed by atoms with Crippen LogP contribution in [0.25, 0.3) is 4.85 Å². The van der Waals surface area contributed by atoms with E-state index >= 15 is 0 Å². The number of benzene rings is 2. The summed E-state index contributed by atoms with van der Waals surface area (Å²) in [6, 6.07) is 15.4. The summed E-state index contributed by atoms with van der Waals surface area (Å²) in [5.74, 6) is -0.487. The summed E-state index contributed by atoms with van der Waals surface area (Å²) in [4.78, 5) is 29.0. The standard InChI is InChI=1S/C19H15N3O2/c1-21-16-7-3-14(4-8-16)11-18(23)12-19(24)22(2)17-9-5-15(13-20)6-10-17/h3-10H,11-12H2,2H3. The number of anilines is 1. The number of ketones is 1. The molecule has 5 heteroatoms. The summed E-state index contributed by atoms with van der Waals surface area (Å²) in [6.45, 7) is 6.89. The molecule has 2 aromatic carbocycles. The van der Waals surface area contributed by atoms with E-state index in [1.807, 2.05) is 6.07 Å². The van der Waals surface area contributed by atoms with E-state index in [1.165, 1.54) is 4.90 Å². The highest BCUT2D eigenvalue weighted by Gasteiger charge is 2.15. The molecule has 5 nitrogen and oxygen atoms in total. The molecule has 0 heterocycles. The third-order valence-corrected chi connectivity index (χ3v) is 3.57. The van der Waals surface area contributed by atoms with Gasteiger partial charge in [0.1, 0.15) is 5.78 Å². The summed E-state index contributed by atoms with van der Waals surface area (Å²) in [7, 11) is 1.60. The van der Waals surface area contributed by atoms with E-state index in [2.05, 4.69) is 4.85 Å². The minimum Gasteiger partial charge on any atom is -0.315 e. The van der Waals surface area contributed by atoms with E-state index in [0.717, 1.165) is 5.56 Å². The van der Waals surface area contributed by atoms with Gasteiger partial charge < -0.3 is 4.90 Å². The van der Waals surface area contributed by atoms with Gasteiger partial charge in [0.25, 0.3) is 0 Å². The molecule has 0 radical (unpaired) electrons. The third kappa shape index (κ3) is 4.28. The van der Waals surface area contributed by atoms with Crippen molar-refractivity contribution < 1.29 is 9.59 Å². The summed E-state index contributed by atoms with van der Waals surface area (Å²) in [6.07, 6.45) is -0.0354. The fourth-order valence-electron chi connectivity index (χ4n) is 2.17. The molecule has 0 aliphatic heterocycles. The Morgan fingerprint density at radius 2 is 1.75 bits per heavy atom. The van der Waals surface area contributed by atoms with Crippen molar-refractivity contribution in [1.29, 1.82) is 5.26 Å².